The number of aromatic nitrogens is 3. The van der Waals surface area contributed by atoms with Gasteiger partial charge in [0.2, 0.25) is 5.95 Å². The van der Waals surface area contributed by atoms with E-state index in [1.165, 1.54) is 12.1 Å². The maximum Gasteiger partial charge on any atom is 0.417 e. The topological polar surface area (TPSA) is 79.8 Å². The zero-order chi connectivity index (χ0) is 26.3. The standard InChI is InChI=1S/C24H17F6N5O/c1-12-3-5-16(9-18(12)13-7-14-11-33-22(31-2)35-20(14)32-10-13)34-21(36)17-6-4-15(23(25,26)27)8-19(17)24(28,29)30/h3-11H,1-2H3,(H,34,36)(H,31,32,33,35). The van der Waals surface area contributed by atoms with Gasteiger partial charge < -0.3 is 10.6 Å². The van der Waals surface area contributed by atoms with Crippen molar-refractivity contribution in [3.63, 3.8) is 0 Å². The lowest BCUT2D eigenvalue weighted by Crippen LogP contribution is -2.20. The molecule has 186 valence electrons. The Morgan fingerprint density at radius 1 is 0.889 bits per heavy atom. The number of anilines is 2. The fourth-order valence-electron chi connectivity index (χ4n) is 3.55. The molecule has 0 aliphatic heterocycles. The first-order valence-electron chi connectivity index (χ1n) is 10.4. The highest BCUT2D eigenvalue weighted by Crippen LogP contribution is 2.38. The number of amides is 1. The van der Waals surface area contributed by atoms with Gasteiger partial charge in [0, 0.05) is 36.1 Å². The molecule has 4 rings (SSSR count). The number of carbonyl (C=O) groups is 1. The van der Waals surface area contributed by atoms with Crippen molar-refractivity contribution in [3.05, 3.63) is 77.1 Å². The number of hydrogen-bond donors (Lipinski definition) is 2. The van der Waals surface area contributed by atoms with Gasteiger partial charge in [-0.1, -0.05) is 6.07 Å². The zero-order valence-electron chi connectivity index (χ0n) is 18.7. The van der Waals surface area contributed by atoms with Crippen LogP contribution in [0, 0.1) is 6.92 Å². The fraction of sp³-hybridized carbons (Fsp3) is 0.167. The number of hydrogen-bond acceptors (Lipinski definition) is 5. The van der Waals surface area contributed by atoms with E-state index in [1.807, 2.05) is 0 Å². The second kappa shape index (κ2) is 9.10. The van der Waals surface area contributed by atoms with Crippen LogP contribution in [0.25, 0.3) is 22.2 Å². The number of alkyl halides is 6. The van der Waals surface area contributed by atoms with Crippen molar-refractivity contribution in [1.82, 2.24) is 15.0 Å². The summed E-state index contributed by atoms with van der Waals surface area (Å²) in [6, 6.07) is 7.31. The third-order valence-corrected chi connectivity index (χ3v) is 5.36. The Morgan fingerprint density at radius 3 is 2.31 bits per heavy atom. The second-order valence-corrected chi connectivity index (χ2v) is 7.82. The van der Waals surface area contributed by atoms with Gasteiger partial charge in [-0.2, -0.15) is 31.3 Å². The molecule has 0 aliphatic carbocycles. The highest BCUT2D eigenvalue weighted by atomic mass is 19.4. The lowest BCUT2D eigenvalue weighted by atomic mass is 10.00. The van der Waals surface area contributed by atoms with Crippen molar-refractivity contribution >= 4 is 28.6 Å². The summed E-state index contributed by atoms with van der Waals surface area (Å²) in [6.07, 6.45) is -7.03. The maximum absolute atomic E-state index is 13.5. The van der Waals surface area contributed by atoms with E-state index in [9.17, 15) is 31.1 Å². The number of aryl methyl sites for hydroxylation is 1. The fourth-order valence-corrected chi connectivity index (χ4v) is 3.55. The summed E-state index contributed by atoms with van der Waals surface area (Å²) in [4.78, 5) is 25.4. The molecule has 0 radical (unpaired) electrons. The van der Waals surface area contributed by atoms with Crippen molar-refractivity contribution in [1.29, 1.82) is 0 Å². The molecular weight excluding hydrogens is 488 g/mol. The zero-order valence-corrected chi connectivity index (χ0v) is 18.7. The summed E-state index contributed by atoms with van der Waals surface area (Å²) in [7, 11) is 1.67. The molecule has 1 amide bonds. The first-order valence-corrected chi connectivity index (χ1v) is 10.4. The third kappa shape index (κ3) is 5.07. The van der Waals surface area contributed by atoms with Gasteiger partial charge in [-0.25, -0.2) is 9.97 Å². The molecule has 0 unspecified atom stereocenters. The average molecular weight is 505 g/mol. The average Bonchev–Trinajstić information content (AvgIpc) is 2.83. The summed E-state index contributed by atoms with van der Waals surface area (Å²) in [6.45, 7) is 1.79. The quantitative estimate of drug-likeness (QED) is 0.317. The number of carbonyl (C=O) groups excluding carboxylic acids is 1. The minimum atomic E-state index is -5.17. The summed E-state index contributed by atoms with van der Waals surface area (Å²) >= 11 is 0. The Balaban J connectivity index is 1.68. The molecule has 0 fully saturated rings. The van der Waals surface area contributed by atoms with E-state index < -0.39 is 35.0 Å². The van der Waals surface area contributed by atoms with Gasteiger partial charge in [0.15, 0.2) is 5.65 Å². The normalized spacial score (nSPS) is 12.0. The van der Waals surface area contributed by atoms with E-state index >= 15 is 0 Å². The van der Waals surface area contributed by atoms with Crippen LogP contribution in [0.4, 0.5) is 38.0 Å². The van der Waals surface area contributed by atoms with E-state index in [4.69, 9.17) is 0 Å². The van der Waals surface area contributed by atoms with Crippen molar-refractivity contribution in [2.45, 2.75) is 19.3 Å². The molecule has 0 saturated heterocycles. The Bertz CT molecular complexity index is 1470. The largest absolute Gasteiger partial charge is 0.417 e. The van der Waals surface area contributed by atoms with Crippen LogP contribution >= 0.6 is 0 Å². The number of rotatable bonds is 4. The summed E-state index contributed by atoms with van der Waals surface area (Å²) in [5, 5.41) is 5.79. The monoisotopic (exact) mass is 505 g/mol. The molecule has 36 heavy (non-hydrogen) atoms. The van der Waals surface area contributed by atoms with Crippen molar-refractivity contribution in [2.75, 3.05) is 17.7 Å². The van der Waals surface area contributed by atoms with Crippen LogP contribution in [0.2, 0.25) is 0 Å². The minimum absolute atomic E-state index is 0.0716. The molecule has 4 aromatic rings. The number of nitrogens with zero attached hydrogens (tertiary/aromatic N) is 3. The lowest BCUT2D eigenvalue weighted by molar-refractivity contribution is -0.143. The van der Waals surface area contributed by atoms with Crippen LogP contribution in [-0.4, -0.2) is 27.9 Å². The molecule has 2 aromatic heterocycles. The van der Waals surface area contributed by atoms with E-state index in [0.29, 0.717) is 40.2 Å². The highest BCUT2D eigenvalue weighted by Gasteiger charge is 2.39. The molecule has 2 heterocycles. The molecule has 0 aliphatic rings. The van der Waals surface area contributed by atoms with E-state index in [2.05, 4.69) is 25.6 Å². The molecule has 0 bridgehead atoms. The van der Waals surface area contributed by atoms with Crippen LogP contribution in [-0.2, 0) is 12.4 Å². The summed E-state index contributed by atoms with van der Waals surface area (Å²) < 4.78 is 79.2. The number of benzene rings is 2. The number of halogens is 6. The van der Waals surface area contributed by atoms with Gasteiger partial charge in [-0.05, 0) is 54.4 Å². The maximum atomic E-state index is 13.5. The van der Waals surface area contributed by atoms with Crippen LogP contribution in [0.3, 0.4) is 0 Å². The molecule has 2 aromatic carbocycles. The Kier molecular flexibility index (Phi) is 6.29. The Labute approximate surface area is 200 Å². The number of fused-ring (bicyclic) bond motifs is 1. The molecule has 2 N–H and O–H groups in total. The molecule has 0 spiro atoms. The third-order valence-electron chi connectivity index (χ3n) is 5.36. The summed E-state index contributed by atoms with van der Waals surface area (Å²) in [5.74, 6) is -0.805. The van der Waals surface area contributed by atoms with Crippen molar-refractivity contribution in [2.24, 2.45) is 0 Å². The Hall–Kier alpha value is -4.22. The van der Waals surface area contributed by atoms with E-state index in [-0.39, 0.29) is 11.8 Å². The predicted octanol–water partition coefficient (Wildman–Crippen LogP) is 6.33. The first-order chi connectivity index (χ1) is 16.9. The lowest BCUT2D eigenvalue weighted by Gasteiger charge is -2.16. The minimum Gasteiger partial charge on any atom is -0.357 e. The van der Waals surface area contributed by atoms with Gasteiger partial charge >= 0.3 is 12.4 Å². The highest BCUT2D eigenvalue weighted by molar-refractivity contribution is 6.05. The van der Waals surface area contributed by atoms with Crippen LogP contribution in [0.1, 0.15) is 27.0 Å². The van der Waals surface area contributed by atoms with Gasteiger partial charge in [0.1, 0.15) is 0 Å². The van der Waals surface area contributed by atoms with Gasteiger partial charge in [0.05, 0.1) is 16.7 Å². The molecular formula is C24H17F6N5O. The van der Waals surface area contributed by atoms with Crippen LogP contribution in [0.5, 0.6) is 0 Å². The summed E-state index contributed by atoms with van der Waals surface area (Å²) in [5.41, 5.74) is -1.46. The van der Waals surface area contributed by atoms with Gasteiger partial charge in [-0.15, -0.1) is 0 Å². The second-order valence-electron chi connectivity index (χ2n) is 7.82. The van der Waals surface area contributed by atoms with Crippen LogP contribution < -0.4 is 10.6 Å². The SMILES string of the molecule is CNc1ncc2cc(-c3cc(NC(=O)c4ccc(C(F)(F)F)cc4C(F)(F)F)ccc3C)cnc2n1. The van der Waals surface area contributed by atoms with E-state index in [0.717, 1.165) is 5.56 Å². The smallest absolute Gasteiger partial charge is 0.357 e. The predicted molar refractivity (Wildman–Crippen MR) is 121 cm³/mol. The van der Waals surface area contributed by atoms with Crippen molar-refractivity contribution < 1.29 is 31.1 Å². The van der Waals surface area contributed by atoms with Crippen molar-refractivity contribution in [3.8, 4) is 11.1 Å². The molecule has 6 nitrogen and oxygen atoms in total. The Morgan fingerprint density at radius 2 is 1.64 bits per heavy atom. The first kappa shape index (κ1) is 24.9. The number of nitrogens with one attached hydrogen (secondary N) is 2. The van der Waals surface area contributed by atoms with Gasteiger partial charge in [0.25, 0.3) is 5.91 Å². The molecule has 0 atom stereocenters. The van der Waals surface area contributed by atoms with E-state index in [1.54, 1.807) is 38.5 Å². The van der Waals surface area contributed by atoms with Crippen LogP contribution in [0.15, 0.2) is 54.9 Å². The van der Waals surface area contributed by atoms with Gasteiger partial charge in [-0.3, -0.25) is 4.79 Å². The molecule has 0 saturated carbocycles. The number of pyridine rings is 1. The molecule has 12 heteroatoms.